The van der Waals surface area contributed by atoms with Crippen LogP contribution in [0, 0.1) is 5.92 Å². The predicted molar refractivity (Wildman–Crippen MR) is 111 cm³/mol. The number of hydrogen-bond donors (Lipinski definition) is 0. The zero-order valence-electron chi connectivity index (χ0n) is 16.7. The summed E-state index contributed by atoms with van der Waals surface area (Å²) >= 11 is 0. The van der Waals surface area contributed by atoms with Crippen LogP contribution in [0.4, 0.5) is 0 Å². The molecule has 5 nitrogen and oxygen atoms in total. The Morgan fingerprint density at radius 3 is 2.48 bits per heavy atom. The molecule has 0 aliphatic carbocycles. The summed E-state index contributed by atoms with van der Waals surface area (Å²) in [6, 6.07) is 17.0. The molecular formula is C24H27NO4. The average molecular weight is 393 g/mol. The van der Waals surface area contributed by atoms with Crippen LogP contribution >= 0.6 is 0 Å². The molecule has 2 aromatic rings. The second-order valence-electron chi connectivity index (χ2n) is 7.17. The van der Waals surface area contributed by atoms with Crippen molar-refractivity contribution in [3.63, 3.8) is 0 Å². The lowest BCUT2D eigenvalue weighted by atomic mass is 9.93. The van der Waals surface area contributed by atoms with Crippen molar-refractivity contribution >= 4 is 12.2 Å². The number of carbonyl (C=O) groups is 2. The van der Waals surface area contributed by atoms with E-state index in [0.29, 0.717) is 32.6 Å². The molecule has 0 aromatic heterocycles. The third-order valence-corrected chi connectivity index (χ3v) is 5.16. The van der Waals surface area contributed by atoms with E-state index in [4.69, 9.17) is 9.47 Å². The van der Waals surface area contributed by atoms with Gasteiger partial charge >= 0.3 is 0 Å². The normalized spacial score (nSPS) is 20.6. The summed E-state index contributed by atoms with van der Waals surface area (Å²) in [6.07, 6.45) is 5.75. The van der Waals surface area contributed by atoms with Crippen LogP contribution < -0.4 is 4.74 Å². The van der Waals surface area contributed by atoms with Gasteiger partial charge in [-0.15, -0.1) is 0 Å². The topological polar surface area (TPSA) is 55.8 Å². The van der Waals surface area contributed by atoms with E-state index in [1.165, 1.54) is 0 Å². The summed E-state index contributed by atoms with van der Waals surface area (Å²) in [4.78, 5) is 26.5. The van der Waals surface area contributed by atoms with E-state index in [2.05, 4.69) is 0 Å². The van der Waals surface area contributed by atoms with Crippen LogP contribution in [-0.2, 0) is 27.5 Å². The molecule has 1 aliphatic rings. The first kappa shape index (κ1) is 20.8. The molecule has 0 spiro atoms. The lowest BCUT2D eigenvalue weighted by Crippen LogP contribution is -2.47. The van der Waals surface area contributed by atoms with E-state index in [0.717, 1.165) is 23.2 Å². The highest BCUT2D eigenvalue weighted by molar-refractivity contribution is 5.81. The quantitative estimate of drug-likeness (QED) is 0.506. The largest absolute Gasteiger partial charge is 0.497 e. The van der Waals surface area contributed by atoms with Crippen LogP contribution in [0.1, 0.15) is 24.0 Å². The molecule has 0 N–H and O–H groups in total. The van der Waals surface area contributed by atoms with Crippen LogP contribution in [0.3, 0.4) is 0 Å². The number of amides is 1. The fourth-order valence-electron chi connectivity index (χ4n) is 3.51. The summed E-state index contributed by atoms with van der Waals surface area (Å²) in [5.74, 6) is 0.617. The van der Waals surface area contributed by atoms with Crippen molar-refractivity contribution < 1.29 is 19.1 Å². The first-order valence-electron chi connectivity index (χ1n) is 9.85. The van der Waals surface area contributed by atoms with Gasteiger partial charge in [-0.05, 0) is 29.7 Å². The van der Waals surface area contributed by atoms with Gasteiger partial charge in [-0.3, -0.25) is 4.79 Å². The fourth-order valence-corrected chi connectivity index (χ4v) is 3.51. The Labute approximate surface area is 171 Å². The molecule has 5 heteroatoms. The molecule has 0 fully saturated rings. The number of rotatable bonds is 8. The average Bonchev–Trinajstić information content (AvgIpc) is 2.76. The first-order valence-corrected chi connectivity index (χ1v) is 9.85. The molecule has 2 aromatic carbocycles. The molecule has 0 unspecified atom stereocenters. The zero-order valence-corrected chi connectivity index (χ0v) is 16.7. The zero-order chi connectivity index (χ0) is 20.5. The fraction of sp³-hybridized carbons (Fsp3) is 0.333. The Morgan fingerprint density at radius 1 is 1.03 bits per heavy atom. The van der Waals surface area contributed by atoms with E-state index in [-0.39, 0.29) is 11.8 Å². The predicted octanol–water partition coefficient (Wildman–Crippen LogP) is 3.77. The van der Waals surface area contributed by atoms with E-state index in [1.54, 1.807) is 12.0 Å². The number of allylic oxidation sites excluding steroid dienone is 1. The number of ether oxygens (including phenoxy) is 2. The van der Waals surface area contributed by atoms with E-state index < -0.39 is 6.04 Å². The second-order valence-corrected chi connectivity index (χ2v) is 7.17. The number of nitrogens with zero attached hydrogens (tertiary/aromatic N) is 1. The lowest BCUT2D eigenvalue weighted by Gasteiger charge is -2.34. The van der Waals surface area contributed by atoms with Crippen LogP contribution in [0.5, 0.6) is 5.75 Å². The smallest absolute Gasteiger partial charge is 0.227 e. The molecule has 0 bridgehead atoms. The third kappa shape index (κ3) is 5.78. The Kier molecular flexibility index (Phi) is 7.59. The monoisotopic (exact) mass is 393 g/mol. The highest BCUT2D eigenvalue weighted by Gasteiger charge is 2.31. The second kappa shape index (κ2) is 10.6. The summed E-state index contributed by atoms with van der Waals surface area (Å²) in [5, 5.41) is 0. The molecular weight excluding hydrogens is 366 g/mol. The number of methoxy groups -OCH3 is 1. The van der Waals surface area contributed by atoms with Gasteiger partial charge in [-0.2, -0.15) is 0 Å². The summed E-state index contributed by atoms with van der Waals surface area (Å²) < 4.78 is 11.1. The molecule has 152 valence electrons. The number of carbonyl (C=O) groups excluding carboxylic acids is 2. The molecule has 1 amide bonds. The van der Waals surface area contributed by atoms with Crippen molar-refractivity contribution in [2.75, 3.05) is 13.7 Å². The Hall–Kier alpha value is -2.92. The minimum atomic E-state index is -0.523. The highest BCUT2D eigenvalue weighted by Crippen LogP contribution is 2.23. The minimum Gasteiger partial charge on any atom is -0.497 e. The van der Waals surface area contributed by atoms with Gasteiger partial charge in [0, 0.05) is 18.9 Å². The summed E-state index contributed by atoms with van der Waals surface area (Å²) in [7, 11) is 1.62. The molecule has 0 saturated carbocycles. The molecule has 3 rings (SSSR count). The van der Waals surface area contributed by atoms with Gasteiger partial charge in [0.15, 0.2) is 0 Å². The standard InChI is InChI=1S/C24H27NO4/c1-28-22-13-11-19(12-14-22)15-25-23(16-26)21(9-5-6-10-24(25)27)18-29-17-20-7-3-2-4-8-20/h2-8,11-14,16,21,23H,9-10,15,17-18H2,1H3/b6-5-/t21-,23+/m0/s1. The van der Waals surface area contributed by atoms with Crippen molar-refractivity contribution in [2.45, 2.75) is 32.0 Å². The van der Waals surface area contributed by atoms with Crippen LogP contribution in [0.25, 0.3) is 0 Å². The molecule has 29 heavy (non-hydrogen) atoms. The Balaban J connectivity index is 1.71. The molecule has 1 aliphatic heterocycles. The van der Waals surface area contributed by atoms with Gasteiger partial charge in [-0.25, -0.2) is 0 Å². The lowest BCUT2D eigenvalue weighted by molar-refractivity contribution is -0.139. The van der Waals surface area contributed by atoms with Gasteiger partial charge in [0.05, 0.1) is 26.4 Å². The number of benzene rings is 2. The molecule has 2 atom stereocenters. The highest BCUT2D eigenvalue weighted by atomic mass is 16.5. The molecule has 0 saturated heterocycles. The molecule has 0 radical (unpaired) electrons. The first-order chi connectivity index (χ1) is 14.2. The van der Waals surface area contributed by atoms with E-state index >= 15 is 0 Å². The third-order valence-electron chi connectivity index (χ3n) is 5.16. The summed E-state index contributed by atoms with van der Waals surface area (Å²) in [6.45, 7) is 1.28. The van der Waals surface area contributed by atoms with Crippen molar-refractivity contribution in [2.24, 2.45) is 5.92 Å². The maximum Gasteiger partial charge on any atom is 0.227 e. The van der Waals surface area contributed by atoms with E-state index in [9.17, 15) is 9.59 Å². The number of aldehydes is 1. The Morgan fingerprint density at radius 2 is 1.79 bits per heavy atom. The van der Waals surface area contributed by atoms with Gasteiger partial charge in [-0.1, -0.05) is 54.6 Å². The maximum atomic E-state index is 12.8. The van der Waals surface area contributed by atoms with Crippen LogP contribution in [0.2, 0.25) is 0 Å². The van der Waals surface area contributed by atoms with Crippen molar-refractivity contribution in [1.82, 2.24) is 4.90 Å². The van der Waals surface area contributed by atoms with Crippen LogP contribution in [0.15, 0.2) is 66.7 Å². The van der Waals surface area contributed by atoms with Gasteiger partial charge in [0.25, 0.3) is 0 Å². The maximum absolute atomic E-state index is 12.8. The van der Waals surface area contributed by atoms with Crippen molar-refractivity contribution in [1.29, 1.82) is 0 Å². The van der Waals surface area contributed by atoms with Crippen molar-refractivity contribution in [3.8, 4) is 5.75 Å². The SMILES string of the molecule is COc1ccc(CN2C(=O)C/C=C\C[C@@H](COCc3ccccc3)[C@H]2C=O)cc1. The van der Waals surface area contributed by atoms with Gasteiger partial charge < -0.3 is 19.2 Å². The van der Waals surface area contributed by atoms with Gasteiger partial charge in [0.1, 0.15) is 12.0 Å². The van der Waals surface area contributed by atoms with Crippen LogP contribution in [-0.4, -0.2) is 36.9 Å². The van der Waals surface area contributed by atoms with E-state index in [1.807, 2.05) is 66.7 Å². The Bertz CT molecular complexity index is 817. The minimum absolute atomic E-state index is 0.0538. The van der Waals surface area contributed by atoms with Crippen molar-refractivity contribution in [3.05, 3.63) is 77.9 Å². The molecule has 1 heterocycles. The number of hydrogen-bond acceptors (Lipinski definition) is 4. The summed E-state index contributed by atoms with van der Waals surface area (Å²) in [5.41, 5.74) is 2.04. The van der Waals surface area contributed by atoms with Gasteiger partial charge in [0.2, 0.25) is 5.91 Å².